The van der Waals surface area contributed by atoms with Crippen molar-refractivity contribution in [1.29, 1.82) is 0 Å². The van der Waals surface area contributed by atoms with Gasteiger partial charge in [0.2, 0.25) is 0 Å². The quantitative estimate of drug-likeness (QED) is 0.652. The molecular weight excluding hydrogens is 395 g/mol. The summed E-state index contributed by atoms with van der Waals surface area (Å²) in [5, 5.41) is 19.2. The van der Waals surface area contributed by atoms with Gasteiger partial charge >= 0.3 is 24.1 Å². The number of hydrogen-bond donors (Lipinski definition) is 3. The Kier molecular flexibility index (Phi) is 6.85. The van der Waals surface area contributed by atoms with Crippen LogP contribution in [-0.4, -0.2) is 71.5 Å². The third-order valence-electron chi connectivity index (χ3n) is 4.44. The van der Waals surface area contributed by atoms with Crippen molar-refractivity contribution in [2.45, 2.75) is 19.1 Å². The van der Waals surface area contributed by atoms with E-state index in [4.69, 9.17) is 15.0 Å². The number of carboxylic acid groups (broad SMARTS) is 2. The summed E-state index contributed by atoms with van der Waals surface area (Å²) >= 11 is 0. The van der Waals surface area contributed by atoms with Gasteiger partial charge in [-0.3, -0.25) is 4.90 Å². The van der Waals surface area contributed by atoms with E-state index in [0.29, 0.717) is 12.1 Å². The van der Waals surface area contributed by atoms with Crippen LogP contribution in [0.1, 0.15) is 12.5 Å². The first-order chi connectivity index (χ1) is 13.5. The number of piperazine rings is 1. The van der Waals surface area contributed by atoms with Crippen LogP contribution >= 0.6 is 0 Å². The van der Waals surface area contributed by atoms with Gasteiger partial charge < -0.3 is 20.4 Å². The van der Waals surface area contributed by atoms with Gasteiger partial charge in [0.1, 0.15) is 0 Å². The number of carbonyl (C=O) groups excluding carboxylic acids is 1. The summed E-state index contributed by atoms with van der Waals surface area (Å²) in [5.74, 6) is -3.71. The molecule has 0 radical (unpaired) electrons. The molecule has 29 heavy (non-hydrogen) atoms. The van der Waals surface area contributed by atoms with Crippen LogP contribution < -0.4 is 10.2 Å². The topological polar surface area (TPSA) is 110 Å². The Morgan fingerprint density at radius 3 is 2.28 bits per heavy atom. The molecule has 2 aliphatic rings. The maximum Gasteiger partial charge on any atom is 0.490 e. The molecule has 2 aliphatic heterocycles. The minimum atomic E-state index is -5.08. The molecule has 11 heteroatoms. The fourth-order valence-corrected chi connectivity index (χ4v) is 3.01. The summed E-state index contributed by atoms with van der Waals surface area (Å²) in [6.07, 6.45) is -3.90. The highest BCUT2D eigenvalue weighted by atomic mass is 19.4. The van der Waals surface area contributed by atoms with Gasteiger partial charge in [-0.25, -0.2) is 14.4 Å². The summed E-state index contributed by atoms with van der Waals surface area (Å²) in [6, 6.07) is 7.74. The van der Waals surface area contributed by atoms with Gasteiger partial charge in [-0.1, -0.05) is 12.1 Å². The fraction of sp³-hybridized carbons (Fsp3) is 0.389. The Morgan fingerprint density at radius 1 is 1.21 bits per heavy atom. The Balaban J connectivity index is 0.000000370. The molecule has 1 atom stereocenters. The van der Waals surface area contributed by atoms with Gasteiger partial charge in [-0.15, -0.1) is 0 Å². The van der Waals surface area contributed by atoms with Gasteiger partial charge in [0.15, 0.2) is 0 Å². The summed E-state index contributed by atoms with van der Waals surface area (Å²) in [7, 11) is 0. The molecule has 158 valence electrons. The van der Waals surface area contributed by atoms with Crippen LogP contribution in [0, 0.1) is 0 Å². The summed E-state index contributed by atoms with van der Waals surface area (Å²) in [5.41, 5.74) is 2.39. The Hall–Kier alpha value is -3.08. The maximum absolute atomic E-state index is 12.4. The zero-order valence-corrected chi connectivity index (χ0v) is 15.4. The molecule has 2 saturated heterocycles. The van der Waals surface area contributed by atoms with Crippen molar-refractivity contribution in [2.75, 3.05) is 31.1 Å². The van der Waals surface area contributed by atoms with Crippen molar-refractivity contribution in [1.82, 2.24) is 10.2 Å². The number of anilines is 1. The first-order valence-corrected chi connectivity index (χ1v) is 8.61. The molecule has 8 nitrogen and oxygen atoms in total. The number of halogens is 3. The lowest BCUT2D eigenvalue weighted by molar-refractivity contribution is -0.192. The largest absolute Gasteiger partial charge is 0.490 e. The van der Waals surface area contributed by atoms with Crippen LogP contribution in [0.4, 0.5) is 23.7 Å². The van der Waals surface area contributed by atoms with Gasteiger partial charge in [0.05, 0.1) is 6.04 Å². The van der Waals surface area contributed by atoms with Crippen LogP contribution in [0.5, 0.6) is 0 Å². The second-order valence-corrected chi connectivity index (χ2v) is 6.46. The third-order valence-corrected chi connectivity index (χ3v) is 4.44. The maximum atomic E-state index is 12.4. The van der Waals surface area contributed by atoms with Crippen LogP contribution in [0.3, 0.4) is 0 Å². The molecule has 2 fully saturated rings. The molecule has 3 rings (SSSR count). The van der Waals surface area contributed by atoms with Crippen molar-refractivity contribution in [3.63, 3.8) is 0 Å². The monoisotopic (exact) mass is 415 g/mol. The standard InChI is InChI=1S/C16H19N3O3.C2HF3O2/c1-11(8-15(20)21)12-2-4-13(5-3-12)19-10-14-9-17-6-7-18(14)16(19)22;3-2(4,5)1(6)7/h2-5,8,14,17H,6-7,9-10H2,1H3,(H,20,21);(H,6,7)/b11-8+;/t14-;/m0./s1. The van der Waals surface area contributed by atoms with Crippen molar-refractivity contribution < 1.29 is 37.8 Å². The van der Waals surface area contributed by atoms with E-state index in [-0.39, 0.29) is 12.1 Å². The predicted octanol–water partition coefficient (Wildman–Crippen LogP) is 2.02. The van der Waals surface area contributed by atoms with E-state index in [9.17, 15) is 22.8 Å². The minimum Gasteiger partial charge on any atom is -0.478 e. The number of rotatable bonds is 3. The predicted molar refractivity (Wildman–Crippen MR) is 97.5 cm³/mol. The normalized spacial score (nSPS) is 19.4. The number of fused-ring (bicyclic) bond motifs is 1. The van der Waals surface area contributed by atoms with Crippen molar-refractivity contribution in [3.8, 4) is 0 Å². The SMILES string of the molecule is C/C(=C\C(=O)O)c1ccc(N2C[C@@H]3CNCCN3C2=O)cc1.O=C(O)C(F)(F)F. The van der Waals surface area contributed by atoms with Gasteiger partial charge in [0, 0.05) is 37.9 Å². The second kappa shape index (κ2) is 8.95. The molecule has 0 bridgehead atoms. The van der Waals surface area contributed by atoms with E-state index in [2.05, 4.69) is 5.32 Å². The first kappa shape index (κ1) is 22.2. The molecule has 2 heterocycles. The number of urea groups is 1. The first-order valence-electron chi connectivity index (χ1n) is 8.61. The molecular formula is C18H20F3N3O5. The zero-order chi connectivity index (χ0) is 21.8. The zero-order valence-electron chi connectivity index (χ0n) is 15.4. The Bertz CT molecular complexity index is 808. The number of nitrogens with one attached hydrogen (secondary N) is 1. The molecule has 0 aromatic heterocycles. The number of hydrogen-bond acceptors (Lipinski definition) is 4. The highest BCUT2D eigenvalue weighted by Crippen LogP contribution is 2.26. The lowest BCUT2D eigenvalue weighted by Crippen LogP contribution is -2.49. The molecule has 0 spiro atoms. The van der Waals surface area contributed by atoms with Crippen LogP contribution in [-0.2, 0) is 9.59 Å². The molecule has 1 aromatic rings. The van der Waals surface area contributed by atoms with Gasteiger partial charge in [0.25, 0.3) is 0 Å². The van der Waals surface area contributed by atoms with E-state index < -0.39 is 18.1 Å². The van der Waals surface area contributed by atoms with Crippen molar-refractivity contribution in [2.24, 2.45) is 0 Å². The van der Waals surface area contributed by atoms with Gasteiger partial charge in [-0.05, 0) is 30.2 Å². The molecule has 0 saturated carbocycles. The fourth-order valence-electron chi connectivity index (χ4n) is 3.01. The summed E-state index contributed by atoms with van der Waals surface area (Å²) in [6.45, 7) is 4.87. The second-order valence-electron chi connectivity index (χ2n) is 6.46. The number of carbonyl (C=O) groups is 3. The van der Waals surface area contributed by atoms with Crippen LogP contribution in [0.2, 0.25) is 0 Å². The third kappa shape index (κ3) is 5.70. The molecule has 1 aromatic carbocycles. The number of aliphatic carboxylic acids is 2. The summed E-state index contributed by atoms with van der Waals surface area (Å²) in [4.78, 5) is 35.7. The van der Waals surface area contributed by atoms with Crippen LogP contribution in [0.15, 0.2) is 30.3 Å². The summed E-state index contributed by atoms with van der Waals surface area (Å²) < 4.78 is 31.7. The number of benzene rings is 1. The van der Waals surface area contributed by atoms with Crippen LogP contribution in [0.25, 0.3) is 5.57 Å². The van der Waals surface area contributed by atoms with Gasteiger partial charge in [-0.2, -0.15) is 13.2 Å². The molecule has 0 aliphatic carbocycles. The van der Waals surface area contributed by atoms with E-state index >= 15 is 0 Å². The van der Waals surface area contributed by atoms with Crippen molar-refractivity contribution >= 4 is 29.2 Å². The number of carboxylic acids is 2. The number of amides is 2. The average molecular weight is 415 g/mol. The molecule has 3 N–H and O–H groups in total. The number of allylic oxidation sites excluding steroid dienone is 1. The Morgan fingerprint density at radius 2 is 1.79 bits per heavy atom. The highest BCUT2D eigenvalue weighted by Gasteiger charge is 2.39. The van der Waals surface area contributed by atoms with E-state index in [0.717, 1.165) is 30.9 Å². The highest BCUT2D eigenvalue weighted by molar-refractivity contribution is 5.95. The van der Waals surface area contributed by atoms with E-state index in [1.165, 1.54) is 6.08 Å². The lowest BCUT2D eigenvalue weighted by Gasteiger charge is -2.28. The number of nitrogens with zero attached hydrogens (tertiary/aromatic N) is 2. The Labute approximate surface area is 164 Å². The van der Waals surface area contributed by atoms with Crippen molar-refractivity contribution in [3.05, 3.63) is 35.9 Å². The smallest absolute Gasteiger partial charge is 0.478 e. The van der Waals surface area contributed by atoms with E-state index in [1.54, 1.807) is 11.8 Å². The average Bonchev–Trinajstić information content (AvgIpc) is 2.98. The molecule has 2 amide bonds. The minimum absolute atomic E-state index is 0.0528. The van der Waals surface area contributed by atoms with E-state index in [1.807, 2.05) is 29.2 Å². The molecule has 0 unspecified atom stereocenters. The lowest BCUT2D eigenvalue weighted by atomic mass is 10.1. The number of alkyl halides is 3.